The van der Waals surface area contributed by atoms with E-state index in [1.165, 1.54) is 0 Å². The normalized spacial score (nSPS) is 17.2. The van der Waals surface area contributed by atoms with E-state index >= 15 is 0 Å². The molecule has 2 aromatic carbocycles. The molecule has 1 atom stereocenters. The highest BCUT2D eigenvalue weighted by Gasteiger charge is 2.34. The second-order valence-corrected chi connectivity index (χ2v) is 9.14. The third-order valence-corrected chi connectivity index (χ3v) is 6.51. The van der Waals surface area contributed by atoms with E-state index in [0.717, 1.165) is 22.4 Å². The first-order valence-electron chi connectivity index (χ1n) is 12.1. The number of nitrogens with zero attached hydrogens (tertiary/aromatic N) is 5. The van der Waals surface area contributed by atoms with Crippen LogP contribution in [0.1, 0.15) is 29.7 Å². The second kappa shape index (κ2) is 10.4. The van der Waals surface area contributed by atoms with Crippen LogP contribution in [0.15, 0.2) is 53.7 Å². The van der Waals surface area contributed by atoms with E-state index < -0.39 is 6.04 Å². The number of anilines is 2. The number of benzene rings is 2. The van der Waals surface area contributed by atoms with Crippen LogP contribution in [-0.4, -0.2) is 69.8 Å². The van der Waals surface area contributed by atoms with Crippen LogP contribution in [0.2, 0.25) is 0 Å². The number of hydrogen-bond donors (Lipinski definition) is 2. The molecule has 2 amide bonds. The van der Waals surface area contributed by atoms with Crippen molar-refractivity contribution in [3.63, 3.8) is 0 Å². The van der Waals surface area contributed by atoms with Crippen molar-refractivity contribution < 1.29 is 19.1 Å². The minimum absolute atomic E-state index is 0.0492. The van der Waals surface area contributed by atoms with Gasteiger partial charge in [-0.2, -0.15) is 4.68 Å². The highest BCUT2D eigenvalue weighted by molar-refractivity contribution is 6.06. The summed E-state index contributed by atoms with van der Waals surface area (Å²) in [5.41, 5.74) is 4.79. The zero-order chi connectivity index (χ0) is 25.9. The van der Waals surface area contributed by atoms with Gasteiger partial charge in [-0.25, -0.2) is 0 Å². The van der Waals surface area contributed by atoms with Crippen molar-refractivity contribution in [3.05, 3.63) is 70.4 Å². The molecule has 1 fully saturated rings. The van der Waals surface area contributed by atoms with Crippen LogP contribution in [0.4, 0.5) is 11.6 Å². The lowest BCUT2D eigenvalue weighted by Crippen LogP contribution is -2.42. The number of ether oxygens (including phenoxy) is 2. The maximum atomic E-state index is 13.6. The molecule has 11 heteroatoms. The first-order valence-corrected chi connectivity index (χ1v) is 12.1. The summed E-state index contributed by atoms with van der Waals surface area (Å²) in [6.45, 7) is 7.99. The molecule has 2 aliphatic rings. The van der Waals surface area contributed by atoms with Gasteiger partial charge in [0, 0.05) is 24.5 Å². The number of aryl methyl sites for hydroxylation is 2. The molecule has 1 aromatic heterocycles. The van der Waals surface area contributed by atoms with Crippen molar-refractivity contribution >= 4 is 23.5 Å². The summed E-state index contributed by atoms with van der Waals surface area (Å²) in [4.78, 5) is 27.7. The van der Waals surface area contributed by atoms with Crippen molar-refractivity contribution in [2.75, 3.05) is 43.5 Å². The largest absolute Gasteiger partial charge is 0.484 e. The molecule has 0 aliphatic carbocycles. The average Bonchev–Trinajstić information content (AvgIpc) is 3.37. The number of rotatable bonds is 6. The van der Waals surface area contributed by atoms with E-state index in [1.807, 2.05) is 51.1 Å². The Morgan fingerprint density at radius 2 is 1.86 bits per heavy atom. The fourth-order valence-electron chi connectivity index (χ4n) is 4.55. The Labute approximate surface area is 214 Å². The number of aromatic nitrogens is 4. The molecule has 11 nitrogen and oxygen atoms in total. The number of nitrogens with one attached hydrogen (secondary N) is 2. The van der Waals surface area contributed by atoms with Gasteiger partial charge in [-0.1, -0.05) is 34.9 Å². The molecule has 192 valence electrons. The summed E-state index contributed by atoms with van der Waals surface area (Å²) in [6.07, 6.45) is 0. The molecule has 3 heterocycles. The van der Waals surface area contributed by atoms with Crippen LogP contribution in [0, 0.1) is 13.8 Å². The average molecular weight is 504 g/mol. The molecule has 2 aliphatic heterocycles. The maximum Gasteiger partial charge on any atom is 0.260 e. The standard InChI is InChI=1S/C26H29N7O4/c1-16-4-9-21(17(2)14-16)28-25(35)23-18(3)27-26-29-30-31-33(26)24(23)19-5-7-20(8-6-19)37-15-22(34)32-10-12-36-13-11-32/h4-9,14,24H,10-13,15H2,1-3H3,(H,28,35)(H,27,29,31). The van der Waals surface area contributed by atoms with Crippen LogP contribution in [0.5, 0.6) is 5.75 Å². The van der Waals surface area contributed by atoms with E-state index in [1.54, 1.807) is 21.7 Å². The summed E-state index contributed by atoms with van der Waals surface area (Å²) in [7, 11) is 0. The number of carbonyl (C=O) groups excluding carboxylic acids is 2. The van der Waals surface area contributed by atoms with Crippen molar-refractivity contribution in [2.24, 2.45) is 0 Å². The lowest BCUT2D eigenvalue weighted by molar-refractivity contribution is -0.137. The number of amides is 2. The Balaban J connectivity index is 1.36. The Morgan fingerprint density at radius 3 is 2.59 bits per heavy atom. The minimum Gasteiger partial charge on any atom is -0.484 e. The number of fused-ring (bicyclic) bond motifs is 1. The molecule has 0 bridgehead atoms. The number of allylic oxidation sites excluding steroid dienone is 1. The summed E-state index contributed by atoms with van der Waals surface area (Å²) in [6, 6.07) is 12.6. The number of morpholine rings is 1. The van der Waals surface area contributed by atoms with Gasteiger partial charge in [-0.15, -0.1) is 0 Å². The lowest BCUT2D eigenvalue weighted by atomic mass is 9.94. The molecule has 0 spiro atoms. The van der Waals surface area contributed by atoms with Crippen LogP contribution in [0.25, 0.3) is 0 Å². The Kier molecular flexibility index (Phi) is 6.87. The monoisotopic (exact) mass is 503 g/mol. The lowest BCUT2D eigenvalue weighted by Gasteiger charge is -2.28. The summed E-state index contributed by atoms with van der Waals surface area (Å²) >= 11 is 0. The van der Waals surface area contributed by atoms with Gasteiger partial charge in [0.25, 0.3) is 11.8 Å². The number of carbonyl (C=O) groups is 2. The quantitative estimate of drug-likeness (QED) is 0.526. The van der Waals surface area contributed by atoms with Gasteiger partial charge < -0.3 is 25.0 Å². The first kappa shape index (κ1) is 24.4. The van der Waals surface area contributed by atoms with Gasteiger partial charge in [0.2, 0.25) is 5.95 Å². The molecule has 0 saturated carbocycles. The highest BCUT2D eigenvalue weighted by Crippen LogP contribution is 2.35. The number of hydrogen-bond acceptors (Lipinski definition) is 8. The molecule has 5 rings (SSSR count). The van der Waals surface area contributed by atoms with Gasteiger partial charge in [0.1, 0.15) is 11.8 Å². The van der Waals surface area contributed by atoms with Gasteiger partial charge >= 0.3 is 0 Å². The van der Waals surface area contributed by atoms with Crippen LogP contribution in [0.3, 0.4) is 0 Å². The van der Waals surface area contributed by atoms with Crippen molar-refractivity contribution in [1.29, 1.82) is 0 Å². The van der Waals surface area contributed by atoms with Crippen LogP contribution < -0.4 is 15.4 Å². The molecule has 2 N–H and O–H groups in total. The van der Waals surface area contributed by atoms with Gasteiger partial charge in [-0.3, -0.25) is 9.59 Å². The molecular formula is C26H29N7O4. The Bertz CT molecular complexity index is 1340. The minimum atomic E-state index is -0.555. The van der Waals surface area contributed by atoms with Crippen LogP contribution in [-0.2, 0) is 14.3 Å². The van der Waals surface area contributed by atoms with Crippen molar-refractivity contribution in [1.82, 2.24) is 25.1 Å². The fraction of sp³-hybridized carbons (Fsp3) is 0.346. The molecule has 37 heavy (non-hydrogen) atoms. The predicted octanol–water partition coefficient (Wildman–Crippen LogP) is 2.46. The summed E-state index contributed by atoms with van der Waals surface area (Å²) < 4.78 is 12.6. The zero-order valence-electron chi connectivity index (χ0n) is 21.0. The van der Waals surface area contributed by atoms with E-state index in [9.17, 15) is 9.59 Å². The van der Waals surface area contributed by atoms with Crippen molar-refractivity contribution in [2.45, 2.75) is 26.8 Å². The topological polar surface area (TPSA) is 124 Å². The fourth-order valence-corrected chi connectivity index (χ4v) is 4.55. The van der Waals surface area contributed by atoms with E-state index in [-0.39, 0.29) is 18.4 Å². The summed E-state index contributed by atoms with van der Waals surface area (Å²) in [5, 5.41) is 18.1. The third-order valence-electron chi connectivity index (χ3n) is 6.51. The molecule has 0 radical (unpaired) electrons. The zero-order valence-corrected chi connectivity index (χ0v) is 21.0. The van der Waals surface area contributed by atoms with E-state index in [2.05, 4.69) is 26.2 Å². The molecular weight excluding hydrogens is 474 g/mol. The highest BCUT2D eigenvalue weighted by atomic mass is 16.5. The first-order chi connectivity index (χ1) is 17.9. The second-order valence-electron chi connectivity index (χ2n) is 9.14. The maximum absolute atomic E-state index is 13.6. The van der Waals surface area contributed by atoms with Gasteiger partial charge in [0.15, 0.2) is 6.61 Å². The SMILES string of the molecule is CC1=C(C(=O)Nc2ccc(C)cc2C)C(c2ccc(OCC(=O)N3CCOCC3)cc2)n2nnnc2N1. The Morgan fingerprint density at radius 1 is 1.11 bits per heavy atom. The predicted molar refractivity (Wildman–Crippen MR) is 136 cm³/mol. The number of tetrazole rings is 1. The molecule has 1 unspecified atom stereocenters. The Hall–Kier alpha value is -4.25. The molecule has 3 aromatic rings. The third kappa shape index (κ3) is 5.17. The van der Waals surface area contributed by atoms with E-state index in [0.29, 0.717) is 49.3 Å². The molecule has 1 saturated heterocycles. The van der Waals surface area contributed by atoms with Crippen molar-refractivity contribution in [3.8, 4) is 5.75 Å². The van der Waals surface area contributed by atoms with Gasteiger partial charge in [0.05, 0.1) is 18.8 Å². The van der Waals surface area contributed by atoms with Gasteiger partial charge in [-0.05, 0) is 60.5 Å². The smallest absolute Gasteiger partial charge is 0.260 e. The van der Waals surface area contributed by atoms with E-state index in [4.69, 9.17) is 9.47 Å². The van der Waals surface area contributed by atoms with Crippen LogP contribution >= 0.6 is 0 Å². The summed E-state index contributed by atoms with van der Waals surface area (Å²) in [5.74, 6) is 0.674.